The molecule has 6 nitrogen and oxygen atoms in total. The summed E-state index contributed by atoms with van der Waals surface area (Å²) in [6.45, 7) is 3.58. The number of azo groups is 1. The van der Waals surface area contributed by atoms with E-state index in [1.165, 1.54) is 34.2 Å². The Morgan fingerprint density at radius 1 is 1.03 bits per heavy atom. The third kappa shape index (κ3) is 4.19. The lowest BCUT2D eigenvalue weighted by Crippen LogP contribution is -2.13. The molecule has 31 heavy (non-hydrogen) atoms. The quantitative estimate of drug-likeness (QED) is 0.374. The highest BCUT2D eigenvalue weighted by Crippen LogP contribution is 2.36. The number of H-pyrrole nitrogens is 1. The number of nitrogens with zero attached hydrogens (tertiary/aromatic N) is 4. The number of thiazole rings is 1. The first kappa shape index (κ1) is 20.7. The lowest BCUT2D eigenvalue weighted by Gasteiger charge is -2.07. The molecule has 0 saturated carbocycles. The molecule has 1 N–H and O–H groups in total. The van der Waals surface area contributed by atoms with Crippen LogP contribution in [-0.2, 0) is 6.18 Å². The Morgan fingerprint density at radius 2 is 1.74 bits per heavy atom. The molecule has 0 bridgehead atoms. The lowest BCUT2D eigenvalue weighted by atomic mass is 10.1. The Labute approximate surface area is 178 Å². The van der Waals surface area contributed by atoms with Crippen molar-refractivity contribution in [2.45, 2.75) is 20.0 Å². The molecule has 0 fully saturated rings. The van der Waals surface area contributed by atoms with Crippen molar-refractivity contribution in [3.05, 3.63) is 81.1 Å². The van der Waals surface area contributed by atoms with Gasteiger partial charge in [-0.3, -0.25) is 9.89 Å². The van der Waals surface area contributed by atoms with Gasteiger partial charge in [0.2, 0.25) is 5.13 Å². The van der Waals surface area contributed by atoms with Gasteiger partial charge in [-0.05, 0) is 26.0 Å². The van der Waals surface area contributed by atoms with Gasteiger partial charge in [0.1, 0.15) is 0 Å². The second-order valence-electron chi connectivity index (χ2n) is 6.82. The summed E-state index contributed by atoms with van der Waals surface area (Å²) in [5.41, 5.74) is 1.20. The molecule has 158 valence electrons. The summed E-state index contributed by atoms with van der Waals surface area (Å²) in [6.07, 6.45) is -4.57. The average Bonchev–Trinajstić information content (AvgIpc) is 3.31. The third-order valence-electron chi connectivity index (χ3n) is 4.54. The normalized spacial score (nSPS) is 12.0. The van der Waals surface area contributed by atoms with Crippen molar-refractivity contribution in [2.75, 3.05) is 0 Å². The van der Waals surface area contributed by atoms with Crippen LogP contribution in [0.1, 0.15) is 16.8 Å². The fourth-order valence-electron chi connectivity index (χ4n) is 2.92. The van der Waals surface area contributed by atoms with Crippen molar-refractivity contribution in [3.63, 3.8) is 0 Å². The molecule has 0 spiro atoms. The Kier molecular flexibility index (Phi) is 5.32. The van der Waals surface area contributed by atoms with Gasteiger partial charge in [-0.15, -0.1) is 21.6 Å². The van der Waals surface area contributed by atoms with Crippen LogP contribution in [0.15, 0.2) is 68.9 Å². The van der Waals surface area contributed by atoms with Crippen molar-refractivity contribution in [3.8, 4) is 16.4 Å². The molecule has 2 aromatic carbocycles. The lowest BCUT2D eigenvalue weighted by molar-refractivity contribution is -0.137. The molecule has 10 heteroatoms. The first-order valence-electron chi connectivity index (χ1n) is 9.16. The molecular weight excluding hydrogens is 427 g/mol. The van der Waals surface area contributed by atoms with Crippen LogP contribution in [0.25, 0.3) is 16.4 Å². The molecule has 4 rings (SSSR count). The molecule has 0 aliphatic carbocycles. The summed E-state index contributed by atoms with van der Waals surface area (Å²) in [5, 5.41) is 12.6. The monoisotopic (exact) mass is 443 g/mol. The summed E-state index contributed by atoms with van der Waals surface area (Å²) in [5.74, 6) is 0. The first-order valence-corrected chi connectivity index (χ1v) is 10.0. The van der Waals surface area contributed by atoms with Gasteiger partial charge in [0.05, 0.1) is 22.6 Å². The van der Waals surface area contributed by atoms with Crippen molar-refractivity contribution in [2.24, 2.45) is 10.2 Å². The van der Waals surface area contributed by atoms with Gasteiger partial charge in [-0.25, -0.2) is 4.98 Å². The van der Waals surface area contributed by atoms with Crippen LogP contribution in [0.2, 0.25) is 0 Å². The number of benzene rings is 2. The van der Waals surface area contributed by atoms with Crippen LogP contribution < -0.4 is 5.56 Å². The van der Waals surface area contributed by atoms with E-state index in [1.807, 2.05) is 36.6 Å². The highest BCUT2D eigenvalue weighted by atomic mass is 32.1. The van der Waals surface area contributed by atoms with Gasteiger partial charge in [-0.1, -0.05) is 42.0 Å². The number of aromatic amines is 1. The van der Waals surface area contributed by atoms with Gasteiger partial charge in [0.25, 0.3) is 0 Å². The summed E-state index contributed by atoms with van der Waals surface area (Å²) >= 11 is 1.26. The Morgan fingerprint density at radius 3 is 2.45 bits per heavy atom. The highest BCUT2D eigenvalue weighted by molar-refractivity contribution is 7.12. The van der Waals surface area contributed by atoms with E-state index in [9.17, 15) is 18.0 Å². The van der Waals surface area contributed by atoms with Crippen LogP contribution in [-0.4, -0.2) is 14.8 Å². The number of nitrogens with one attached hydrogen (secondary N) is 1. The topological polar surface area (TPSA) is 75.4 Å². The summed E-state index contributed by atoms with van der Waals surface area (Å²) in [7, 11) is 0. The number of rotatable bonds is 4. The third-order valence-corrected chi connectivity index (χ3v) is 5.36. The zero-order chi connectivity index (χ0) is 22.2. The standard InChI is InChI=1S/C21H16F3N5OS/c1-12-7-9-14(10-8-12)17-11-31-20(25-17)29-19(30)18(13(2)28-29)27-26-16-6-4-3-5-15(16)21(22,23)24/h3-11,28H,1-2H3. The van der Waals surface area contributed by atoms with Crippen molar-refractivity contribution >= 4 is 22.7 Å². The largest absolute Gasteiger partial charge is 0.418 e. The molecule has 0 aliphatic heterocycles. The second kappa shape index (κ2) is 7.95. The molecule has 2 aromatic heterocycles. The zero-order valence-corrected chi connectivity index (χ0v) is 17.3. The predicted molar refractivity (Wildman–Crippen MR) is 113 cm³/mol. The molecule has 0 atom stereocenters. The van der Waals surface area contributed by atoms with E-state index < -0.39 is 17.3 Å². The zero-order valence-electron chi connectivity index (χ0n) is 16.4. The number of aryl methyl sites for hydroxylation is 2. The Balaban J connectivity index is 1.68. The van der Waals surface area contributed by atoms with E-state index in [-0.39, 0.29) is 11.4 Å². The first-order chi connectivity index (χ1) is 14.7. The highest BCUT2D eigenvalue weighted by Gasteiger charge is 2.33. The minimum Gasteiger partial charge on any atom is -0.291 e. The van der Waals surface area contributed by atoms with Crippen LogP contribution >= 0.6 is 11.3 Å². The average molecular weight is 443 g/mol. The van der Waals surface area contributed by atoms with Gasteiger partial charge in [0, 0.05) is 10.9 Å². The Hall–Kier alpha value is -3.53. The summed E-state index contributed by atoms with van der Waals surface area (Å²) < 4.78 is 40.6. The van der Waals surface area contributed by atoms with Crippen molar-refractivity contribution < 1.29 is 13.2 Å². The minimum absolute atomic E-state index is 0.0796. The summed E-state index contributed by atoms with van der Waals surface area (Å²) in [6, 6.07) is 12.6. The SMILES string of the molecule is Cc1ccc(-c2csc(-n3[nH]c(C)c(N=Nc4ccccc4C(F)(F)F)c3=O)n2)cc1. The van der Waals surface area contributed by atoms with Crippen molar-refractivity contribution in [1.82, 2.24) is 14.8 Å². The van der Waals surface area contributed by atoms with Crippen LogP contribution in [0, 0.1) is 13.8 Å². The fourth-order valence-corrected chi connectivity index (χ4v) is 3.71. The van der Waals surface area contributed by atoms with Gasteiger partial charge in [0.15, 0.2) is 5.69 Å². The number of halogens is 3. The molecular formula is C21H16F3N5OS. The molecule has 0 unspecified atom stereocenters. The number of alkyl halides is 3. The number of aromatic nitrogens is 3. The molecule has 4 aromatic rings. The van der Waals surface area contributed by atoms with E-state index in [4.69, 9.17) is 0 Å². The van der Waals surface area contributed by atoms with Gasteiger partial charge in [-0.2, -0.15) is 17.9 Å². The smallest absolute Gasteiger partial charge is 0.291 e. The van der Waals surface area contributed by atoms with E-state index in [0.717, 1.165) is 17.2 Å². The van der Waals surface area contributed by atoms with Crippen LogP contribution in [0.4, 0.5) is 24.5 Å². The molecule has 2 heterocycles. The van der Waals surface area contributed by atoms with E-state index in [0.29, 0.717) is 16.5 Å². The number of hydrogen-bond acceptors (Lipinski definition) is 5. The fraction of sp³-hybridized carbons (Fsp3) is 0.143. The molecule has 0 radical (unpaired) electrons. The summed E-state index contributed by atoms with van der Waals surface area (Å²) in [4.78, 5) is 17.3. The maximum Gasteiger partial charge on any atom is 0.418 e. The van der Waals surface area contributed by atoms with Crippen molar-refractivity contribution in [1.29, 1.82) is 0 Å². The molecule has 0 saturated heterocycles. The van der Waals surface area contributed by atoms with Crippen LogP contribution in [0.5, 0.6) is 0 Å². The van der Waals surface area contributed by atoms with Crippen LogP contribution in [0.3, 0.4) is 0 Å². The predicted octanol–water partition coefficient (Wildman–Crippen LogP) is 6.34. The van der Waals surface area contributed by atoms with Gasteiger partial charge < -0.3 is 0 Å². The minimum atomic E-state index is -4.57. The number of hydrogen-bond donors (Lipinski definition) is 1. The Bertz CT molecular complexity index is 1320. The maximum atomic E-state index is 13.1. The maximum absolute atomic E-state index is 13.1. The molecule has 0 amide bonds. The van der Waals surface area contributed by atoms with Gasteiger partial charge >= 0.3 is 11.7 Å². The van der Waals surface area contributed by atoms with E-state index in [1.54, 1.807) is 6.92 Å². The van der Waals surface area contributed by atoms with E-state index in [2.05, 4.69) is 20.3 Å². The van der Waals surface area contributed by atoms with E-state index >= 15 is 0 Å². The molecule has 0 aliphatic rings. The second-order valence-corrected chi connectivity index (χ2v) is 7.66.